The molecule has 1 saturated carbocycles. The standard InChI is InChI=1S/C13H19NO/c1-15-12-6-4-11(5-7-12)3-2-8-13(14)9-10-13/h4-7H,2-3,8-10,14H2,1H3. The number of methoxy groups -OCH3 is 1. The lowest BCUT2D eigenvalue weighted by atomic mass is 10.0. The maximum Gasteiger partial charge on any atom is 0.118 e. The van der Waals surface area contributed by atoms with Crippen molar-refractivity contribution in [3.05, 3.63) is 29.8 Å². The first-order chi connectivity index (χ1) is 7.22. The van der Waals surface area contributed by atoms with Gasteiger partial charge in [0.1, 0.15) is 5.75 Å². The van der Waals surface area contributed by atoms with E-state index in [-0.39, 0.29) is 5.54 Å². The van der Waals surface area contributed by atoms with Gasteiger partial charge in [-0.3, -0.25) is 0 Å². The van der Waals surface area contributed by atoms with Crippen LogP contribution in [0.4, 0.5) is 0 Å². The largest absolute Gasteiger partial charge is 0.497 e. The van der Waals surface area contributed by atoms with Crippen molar-refractivity contribution in [3.63, 3.8) is 0 Å². The van der Waals surface area contributed by atoms with Crippen molar-refractivity contribution in [1.29, 1.82) is 0 Å². The van der Waals surface area contributed by atoms with E-state index in [0.717, 1.165) is 12.2 Å². The van der Waals surface area contributed by atoms with E-state index in [0.29, 0.717) is 0 Å². The highest BCUT2D eigenvalue weighted by molar-refractivity contribution is 5.27. The molecule has 2 nitrogen and oxygen atoms in total. The molecule has 82 valence electrons. The molecule has 0 saturated heterocycles. The van der Waals surface area contributed by atoms with E-state index in [1.807, 2.05) is 12.1 Å². The maximum absolute atomic E-state index is 6.04. The van der Waals surface area contributed by atoms with Gasteiger partial charge in [0.25, 0.3) is 0 Å². The molecule has 15 heavy (non-hydrogen) atoms. The lowest BCUT2D eigenvalue weighted by Crippen LogP contribution is -2.21. The second-order valence-corrected chi connectivity index (χ2v) is 4.56. The van der Waals surface area contributed by atoms with Crippen LogP contribution < -0.4 is 10.5 Å². The molecule has 2 N–H and O–H groups in total. The Kier molecular flexibility index (Phi) is 2.96. The molecule has 0 amide bonds. The van der Waals surface area contributed by atoms with E-state index in [4.69, 9.17) is 10.5 Å². The van der Waals surface area contributed by atoms with E-state index in [9.17, 15) is 0 Å². The van der Waals surface area contributed by atoms with Crippen LogP contribution >= 0.6 is 0 Å². The molecule has 1 aromatic carbocycles. The van der Waals surface area contributed by atoms with Crippen LogP contribution in [0.1, 0.15) is 31.2 Å². The Morgan fingerprint density at radius 1 is 1.27 bits per heavy atom. The topological polar surface area (TPSA) is 35.2 Å². The third-order valence-corrected chi connectivity index (χ3v) is 3.19. The highest BCUT2D eigenvalue weighted by Gasteiger charge is 2.36. The monoisotopic (exact) mass is 205 g/mol. The molecule has 0 radical (unpaired) electrons. The predicted molar refractivity (Wildman–Crippen MR) is 62.1 cm³/mol. The predicted octanol–water partition coefficient (Wildman–Crippen LogP) is 2.51. The molecule has 0 atom stereocenters. The normalized spacial score (nSPS) is 17.5. The Bertz CT molecular complexity index is 314. The van der Waals surface area contributed by atoms with E-state index < -0.39 is 0 Å². The van der Waals surface area contributed by atoms with Crippen molar-refractivity contribution in [2.75, 3.05) is 7.11 Å². The molecule has 1 aliphatic rings. The third kappa shape index (κ3) is 2.96. The first kappa shape index (κ1) is 10.5. The zero-order chi connectivity index (χ0) is 10.7. The van der Waals surface area contributed by atoms with Gasteiger partial charge < -0.3 is 10.5 Å². The number of hydrogen-bond acceptors (Lipinski definition) is 2. The average molecular weight is 205 g/mol. The molecule has 1 aliphatic carbocycles. The molecule has 1 aromatic rings. The van der Waals surface area contributed by atoms with Crippen LogP contribution in [0.25, 0.3) is 0 Å². The Morgan fingerprint density at radius 3 is 2.47 bits per heavy atom. The van der Waals surface area contributed by atoms with Crippen molar-refractivity contribution < 1.29 is 4.74 Å². The molecule has 2 heteroatoms. The minimum Gasteiger partial charge on any atom is -0.497 e. The molecule has 1 fully saturated rings. The lowest BCUT2D eigenvalue weighted by Gasteiger charge is -2.08. The summed E-state index contributed by atoms with van der Waals surface area (Å²) in [5.74, 6) is 0.927. The molecule has 0 bridgehead atoms. The minimum absolute atomic E-state index is 0.201. The van der Waals surface area contributed by atoms with E-state index in [2.05, 4.69) is 12.1 Å². The van der Waals surface area contributed by atoms with Crippen molar-refractivity contribution in [2.24, 2.45) is 5.73 Å². The second-order valence-electron chi connectivity index (χ2n) is 4.56. The Hall–Kier alpha value is -1.02. The van der Waals surface area contributed by atoms with Crippen LogP contribution in [-0.4, -0.2) is 12.6 Å². The zero-order valence-corrected chi connectivity index (χ0v) is 9.33. The first-order valence-corrected chi connectivity index (χ1v) is 5.64. The summed E-state index contributed by atoms with van der Waals surface area (Å²) in [6.45, 7) is 0. The number of ether oxygens (including phenoxy) is 1. The summed E-state index contributed by atoms with van der Waals surface area (Å²) >= 11 is 0. The van der Waals surface area contributed by atoms with Crippen LogP contribution in [0.2, 0.25) is 0 Å². The number of rotatable bonds is 5. The highest BCUT2D eigenvalue weighted by Crippen LogP contribution is 2.36. The van der Waals surface area contributed by atoms with Gasteiger partial charge in [0, 0.05) is 5.54 Å². The van der Waals surface area contributed by atoms with Gasteiger partial charge in [-0.2, -0.15) is 0 Å². The fourth-order valence-corrected chi connectivity index (χ4v) is 1.85. The number of nitrogens with two attached hydrogens (primary N) is 1. The summed E-state index contributed by atoms with van der Waals surface area (Å²) in [5.41, 5.74) is 7.61. The molecule has 0 aliphatic heterocycles. The van der Waals surface area contributed by atoms with Crippen molar-refractivity contribution in [2.45, 2.75) is 37.6 Å². The quantitative estimate of drug-likeness (QED) is 0.801. The van der Waals surface area contributed by atoms with Crippen LogP contribution in [0.15, 0.2) is 24.3 Å². The van der Waals surface area contributed by atoms with Gasteiger partial charge >= 0.3 is 0 Å². The van der Waals surface area contributed by atoms with E-state index in [1.165, 1.54) is 31.2 Å². The van der Waals surface area contributed by atoms with Gasteiger partial charge in [-0.15, -0.1) is 0 Å². The highest BCUT2D eigenvalue weighted by atomic mass is 16.5. The molecular formula is C13H19NO. The van der Waals surface area contributed by atoms with Gasteiger partial charge in [-0.05, 0) is 49.8 Å². The van der Waals surface area contributed by atoms with Crippen LogP contribution in [0.5, 0.6) is 5.75 Å². The second kappa shape index (κ2) is 4.23. The van der Waals surface area contributed by atoms with Crippen LogP contribution in [0, 0.1) is 0 Å². The fraction of sp³-hybridized carbons (Fsp3) is 0.538. The SMILES string of the molecule is COc1ccc(CCCC2(N)CC2)cc1. The van der Waals surface area contributed by atoms with Gasteiger partial charge in [0.15, 0.2) is 0 Å². The number of benzene rings is 1. The molecular weight excluding hydrogens is 186 g/mol. The Balaban J connectivity index is 1.77. The fourth-order valence-electron chi connectivity index (χ4n) is 1.85. The molecule has 0 spiro atoms. The van der Waals surface area contributed by atoms with Crippen molar-refractivity contribution >= 4 is 0 Å². The molecule has 0 aromatic heterocycles. The average Bonchev–Trinajstić information content (AvgIpc) is 2.98. The Labute approximate surface area is 91.4 Å². The number of hydrogen-bond donors (Lipinski definition) is 1. The summed E-state index contributed by atoms with van der Waals surface area (Å²) in [6, 6.07) is 8.30. The van der Waals surface area contributed by atoms with E-state index >= 15 is 0 Å². The third-order valence-electron chi connectivity index (χ3n) is 3.19. The minimum atomic E-state index is 0.201. The van der Waals surface area contributed by atoms with Crippen LogP contribution in [-0.2, 0) is 6.42 Å². The van der Waals surface area contributed by atoms with Gasteiger partial charge in [-0.1, -0.05) is 12.1 Å². The van der Waals surface area contributed by atoms with Crippen molar-refractivity contribution in [3.8, 4) is 5.75 Å². The summed E-state index contributed by atoms with van der Waals surface area (Å²) < 4.78 is 5.12. The summed E-state index contributed by atoms with van der Waals surface area (Å²) in [5, 5.41) is 0. The zero-order valence-electron chi connectivity index (χ0n) is 9.33. The van der Waals surface area contributed by atoms with Crippen LogP contribution in [0.3, 0.4) is 0 Å². The summed E-state index contributed by atoms with van der Waals surface area (Å²) in [6.07, 6.45) is 5.93. The summed E-state index contributed by atoms with van der Waals surface area (Å²) in [7, 11) is 1.69. The lowest BCUT2D eigenvalue weighted by molar-refractivity contribution is 0.414. The maximum atomic E-state index is 6.04. The van der Waals surface area contributed by atoms with Gasteiger partial charge in [0.2, 0.25) is 0 Å². The smallest absolute Gasteiger partial charge is 0.118 e. The first-order valence-electron chi connectivity index (χ1n) is 5.64. The van der Waals surface area contributed by atoms with Gasteiger partial charge in [-0.25, -0.2) is 0 Å². The Morgan fingerprint density at radius 2 is 1.93 bits per heavy atom. The number of aryl methyl sites for hydroxylation is 1. The molecule has 0 heterocycles. The van der Waals surface area contributed by atoms with Gasteiger partial charge in [0.05, 0.1) is 7.11 Å². The summed E-state index contributed by atoms with van der Waals surface area (Å²) in [4.78, 5) is 0. The van der Waals surface area contributed by atoms with E-state index in [1.54, 1.807) is 7.11 Å². The molecule has 2 rings (SSSR count). The molecule has 0 unspecified atom stereocenters. The van der Waals surface area contributed by atoms with Crippen molar-refractivity contribution in [1.82, 2.24) is 0 Å².